The molecule has 7 heteroatoms. The van der Waals surface area contributed by atoms with E-state index >= 15 is 0 Å². The van der Waals surface area contributed by atoms with Crippen LogP contribution in [0.1, 0.15) is 13.8 Å². The highest BCUT2D eigenvalue weighted by atomic mass is 32.1. The molecule has 2 aromatic carbocycles. The third kappa shape index (κ3) is 4.22. The molecule has 1 heterocycles. The number of rotatable bonds is 8. The number of fused-ring (bicyclic) bond motifs is 1. The van der Waals surface area contributed by atoms with Crippen LogP contribution in [0, 0.1) is 0 Å². The molecule has 3 rings (SSSR count). The molecule has 5 nitrogen and oxygen atoms in total. The van der Waals surface area contributed by atoms with Crippen LogP contribution < -0.4 is 9.84 Å². The van der Waals surface area contributed by atoms with Gasteiger partial charge >= 0.3 is 7.82 Å². The van der Waals surface area contributed by atoms with Crippen molar-refractivity contribution in [3.63, 3.8) is 0 Å². The van der Waals surface area contributed by atoms with Gasteiger partial charge in [-0.25, -0.2) is 4.57 Å². The van der Waals surface area contributed by atoms with Crippen molar-refractivity contribution in [2.75, 3.05) is 18.5 Å². The quantitative estimate of drug-likeness (QED) is 0.473. The molecule has 1 N–H and O–H groups in total. The number of phosphoric ester groups is 1. The molecule has 0 spiro atoms. The fourth-order valence-electron chi connectivity index (χ4n) is 2.37. The molecule has 0 atom stereocenters. The summed E-state index contributed by atoms with van der Waals surface area (Å²) >= 11 is 1.53. The Labute approximate surface area is 151 Å². The van der Waals surface area contributed by atoms with Crippen LogP contribution in [0.3, 0.4) is 0 Å². The highest BCUT2D eigenvalue weighted by Crippen LogP contribution is 2.55. The van der Waals surface area contributed by atoms with Crippen LogP contribution in [0.15, 0.2) is 54.6 Å². The highest BCUT2D eigenvalue weighted by Gasteiger charge is 2.30. The molecule has 0 saturated heterocycles. The van der Waals surface area contributed by atoms with Gasteiger partial charge in [0, 0.05) is 15.8 Å². The van der Waals surface area contributed by atoms with Crippen molar-refractivity contribution in [1.82, 2.24) is 0 Å². The van der Waals surface area contributed by atoms with E-state index in [0.717, 1.165) is 20.8 Å². The van der Waals surface area contributed by atoms with Crippen molar-refractivity contribution in [3.05, 3.63) is 54.6 Å². The predicted octanol–water partition coefficient (Wildman–Crippen LogP) is 6.20. The third-order valence-electron chi connectivity index (χ3n) is 3.36. The number of thiophene rings is 1. The summed E-state index contributed by atoms with van der Waals surface area (Å²) in [6, 6.07) is 17.6. The smallest absolute Gasteiger partial charge is 0.400 e. The normalized spacial score (nSPS) is 11.6. The van der Waals surface area contributed by atoms with Crippen LogP contribution in [-0.2, 0) is 13.6 Å². The lowest BCUT2D eigenvalue weighted by Crippen LogP contribution is -2.03. The van der Waals surface area contributed by atoms with E-state index in [1.807, 2.05) is 54.6 Å². The van der Waals surface area contributed by atoms with Crippen molar-refractivity contribution in [2.24, 2.45) is 0 Å². The van der Waals surface area contributed by atoms with Crippen LogP contribution in [0.25, 0.3) is 10.1 Å². The van der Waals surface area contributed by atoms with E-state index in [9.17, 15) is 4.57 Å². The second-order valence-electron chi connectivity index (χ2n) is 5.12. The number of phosphoric acid groups is 1. The number of benzene rings is 2. The molecular weight excluding hydrogens is 357 g/mol. The Kier molecular flexibility index (Phi) is 5.76. The predicted molar refractivity (Wildman–Crippen MR) is 103 cm³/mol. The second kappa shape index (κ2) is 8.02. The Morgan fingerprint density at radius 2 is 1.60 bits per heavy atom. The van der Waals surface area contributed by atoms with Gasteiger partial charge in [-0.15, -0.1) is 11.3 Å². The standard InChI is InChI=1S/C18H20NO4PS/c1-3-21-24(20,22-4-2)23-17-15-12-8-9-13-16(15)25-18(17)19-14-10-6-5-7-11-14/h5-13,19H,3-4H2,1-2H3. The van der Waals surface area contributed by atoms with Gasteiger partial charge in [0.25, 0.3) is 0 Å². The maximum Gasteiger partial charge on any atom is 0.530 e. The Hall–Kier alpha value is -1.85. The minimum atomic E-state index is -3.68. The van der Waals surface area contributed by atoms with Gasteiger partial charge in [-0.05, 0) is 38.1 Å². The maximum absolute atomic E-state index is 12.8. The van der Waals surface area contributed by atoms with E-state index in [4.69, 9.17) is 13.6 Å². The van der Waals surface area contributed by atoms with Gasteiger partial charge in [-0.3, -0.25) is 9.05 Å². The molecule has 132 valence electrons. The number of hydrogen-bond acceptors (Lipinski definition) is 6. The zero-order valence-electron chi connectivity index (χ0n) is 14.1. The van der Waals surface area contributed by atoms with Gasteiger partial charge in [0.2, 0.25) is 0 Å². The number of hydrogen-bond donors (Lipinski definition) is 1. The van der Waals surface area contributed by atoms with E-state index in [1.165, 1.54) is 11.3 Å². The zero-order valence-corrected chi connectivity index (χ0v) is 15.8. The maximum atomic E-state index is 12.8. The molecule has 3 aromatic rings. The highest BCUT2D eigenvalue weighted by molar-refractivity contribution is 7.49. The Balaban J connectivity index is 2.02. The van der Waals surface area contributed by atoms with Crippen LogP contribution in [-0.4, -0.2) is 13.2 Å². The fourth-order valence-corrected chi connectivity index (χ4v) is 4.70. The lowest BCUT2D eigenvalue weighted by atomic mass is 10.2. The molecule has 0 amide bonds. The van der Waals surface area contributed by atoms with Crippen LogP contribution in [0.2, 0.25) is 0 Å². The minimum Gasteiger partial charge on any atom is -0.400 e. The molecule has 0 aliphatic heterocycles. The van der Waals surface area contributed by atoms with E-state index in [-0.39, 0.29) is 13.2 Å². The molecule has 0 aliphatic carbocycles. The number of anilines is 2. The fraction of sp³-hybridized carbons (Fsp3) is 0.222. The first kappa shape index (κ1) is 18.0. The Bertz CT molecular complexity index is 871. The average molecular weight is 377 g/mol. The summed E-state index contributed by atoms with van der Waals surface area (Å²) < 4.78 is 30.2. The van der Waals surface area contributed by atoms with Gasteiger partial charge in [-0.2, -0.15) is 0 Å². The largest absolute Gasteiger partial charge is 0.530 e. The van der Waals surface area contributed by atoms with Gasteiger partial charge in [0.1, 0.15) is 5.00 Å². The van der Waals surface area contributed by atoms with Crippen molar-refractivity contribution in [2.45, 2.75) is 13.8 Å². The van der Waals surface area contributed by atoms with Crippen molar-refractivity contribution < 1.29 is 18.1 Å². The second-order valence-corrected chi connectivity index (χ2v) is 7.77. The molecule has 0 saturated carbocycles. The summed E-state index contributed by atoms with van der Waals surface area (Å²) in [7, 11) is -3.68. The van der Waals surface area contributed by atoms with Crippen LogP contribution in [0.4, 0.5) is 10.7 Å². The summed E-state index contributed by atoms with van der Waals surface area (Å²) in [5, 5.41) is 4.95. The molecule has 0 unspecified atom stereocenters. The molecule has 0 aliphatic rings. The Morgan fingerprint density at radius 1 is 0.960 bits per heavy atom. The summed E-state index contributed by atoms with van der Waals surface area (Å²) in [6.45, 7) is 3.98. The minimum absolute atomic E-state index is 0.237. The first-order chi connectivity index (χ1) is 12.1. The van der Waals surface area contributed by atoms with Crippen LogP contribution in [0.5, 0.6) is 5.75 Å². The zero-order chi connectivity index (χ0) is 17.7. The van der Waals surface area contributed by atoms with E-state index < -0.39 is 7.82 Å². The summed E-state index contributed by atoms with van der Waals surface area (Å²) in [4.78, 5) is 0. The first-order valence-electron chi connectivity index (χ1n) is 8.07. The lowest BCUT2D eigenvalue weighted by Gasteiger charge is -2.18. The van der Waals surface area contributed by atoms with Gasteiger partial charge in [0.05, 0.1) is 13.2 Å². The molecule has 0 fully saturated rings. The van der Waals surface area contributed by atoms with E-state index in [2.05, 4.69) is 5.32 Å². The SMILES string of the molecule is CCOP(=O)(OCC)Oc1c(Nc2ccccc2)sc2ccccc12. The van der Waals surface area contributed by atoms with Crippen LogP contribution >= 0.6 is 19.2 Å². The van der Waals surface area contributed by atoms with E-state index in [0.29, 0.717) is 5.75 Å². The molecule has 1 aromatic heterocycles. The van der Waals surface area contributed by atoms with Crippen molar-refractivity contribution >= 4 is 39.9 Å². The van der Waals surface area contributed by atoms with Gasteiger partial charge in [-0.1, -0.05) is 30.3 Å². The average Bonchev–Trinajstić information content (AvgIpc) is 2.93. The third-order valence-corrected chi connectivity index (χ3v) is 5.98. The molecule has 25 heavy (non-hydrogen) atoms. The first-order valence-corrected chi connectivity index (χ1v) is 10.3. The summed E-state index contributed by atoms with van der Waals surface area (Å²) in [6.07, 6.45) is 0. The lowest BCUT2D eigenvalue weighted by molar-refractivity contribution is 0.168. The van der Waals surface area contributed by atoms with E-state index in [1.54, 1.807) is 13.8 Å². The van der Waals surface area contributed by atoms with Gasteiger partial charge < -0.3 is 9.84 Å². The molecule has 0 radical (unpaired) electrons. The monoisotopic (exact) mass is 377 g/mol. The number of nitrogens with one attached hydrogen (secondary N) is 1. The van der Waals surface area contributed by atoms with Crippen molar-refractivity contribution in [1.29, 1.82) is 0 Å². The molecular formula is C18H20NO4PS. The number of para-hydroxylation sites is 1. The van der Waals surface area contributed by atoms with Crippen molar-refractivity contribution in [3.8, 4) is 5.75 Å². The Morgan fingerprint density at radius 3 is 2.28 bits per heavy atom. The van der Waals surface area contributed by atoms with Gasteiger partial charge in [0.15, 0.2) is 5.75 Å². The summed E-state index contributed by atoms with van der Waals surface area (Å²) in [5.41, 5.74) is 0.918. The summed E-state index contributed by atoms with van der Waals surface area (Å²) in [5.74, 6) is 0.481. The molecule has 0 bridgehead atoms. The topological polar surface area (TPSA) is 56.8 Å².